The number of aromatic nitrogens is 1. The van der Waals surface area contributed by atoms with Crippen molar-refractivity contribution in [2.45, 2.75) is 26.3 Å². The molecule has 0 saturated carbocycles. The highest BCUT2D eigenvalue weighted by atomic mass is 35.5. The van der Waals surface area contributed by atoms with E-state index in [-0.39, 0.29) is 6.04 Å². The van der Waals surface area contributed by atoms with Crippen LogP contribution in [0.2, 0.25) is 5.02 Å². The van der Waals surface area contributed by atoms with Gasteiger partial charge in [0.2, 0.25) is 5.88 Å². The smallest absolute Gasteiger partial charge is 0.219 e. The summed E-state index contributed by atoms with van der Waals surface area (Å²) in [5.74, 6) is 1.79. The lowest BCUT2D eigenvalue weighted by Gasteiger charge is -2.10. The molecule has 1 aromatic heterocycles. The Balaban J connectivity index is 1.80. The summed E-state index contributed by atoms with van der Waals surface area (Å²) in [5, 5.41) is 1.55. The second kappa shape index (κ2) is 7.72. The summed E-state index contributed by atoms with van der Waals surface area (Å²) in [5.41, 5.74) is 7.86. The second-order valence-electron chi connectivity index (χ2n) is 5.93. The molecule has 130 valence electrons. The highest BCUT2D eigenvalue weighted by Gasteiger charge is 2.07. The number of benzene rings is 2. The largest absolute Gasteiger partial charge is 0.492 e. The van der Waals surface area contributed by atoms with Crippen LogP contribution in [0.5, 0.6) is 17.4 Å². The standard InChI is InChI=1S/C20H21ClN2O2/c1-3-10-24-19-8-6-16(12-17(19)21)25-20-9-5-15-11-14(13(2)22)4-7-18(15)23-20/h4-9,11-13H,3,10,22H2,1-2H3. The first-order valence-electron chi connectivity index (χ1n) is 8.33. The number of ether oxygens (including phenoxy) is 2. The minimum absolute atomic E-state index is 0.00379. The average Bonchev–Trinajstić information content (AvgIpc) is 2.60. The van der Waals surface area contributed by atoms with Crippen LogP contribution in [0.1, 0.15) is 31.9 Å². The van der Waals surface area contributed by atoms with E-state index >= 15 is 0 Å². The molecule has 0 radical (unpaired) electrons. The molecule has 0 fully saturated rings. The average molecular weight is 357 g/mol. The molecule has 1 atom stereocenters. The van der Waals surface area contributed by atoms with Gasteiger partial charge >= 0.3 is 0 Å². The first-order valence-corrected chi connectivity index (χ1v) is 8.71. The Bertz CT molecular complexity index is 881. The van der Waals surface area contributed by atoms with Gasteiger partial charge in [0, 0.05) is 23.6 Å². The van der Waals surface area contributed by atoms with Crippen molar-refractivity contribution in [3.05, 3.63) is 59.1 Å². The fourth-order valence-corrected chi connectivity index (χ4v) is 2.69. The number of rotatable bonds is 6. The van der Waals surface area contributed by atoms with Gasteiger partial charge in [0.15, 0.2) is 0 Å². The summed E-state index contributed by atoms with van der Waals surface area (Å²) in [6, 6.07) is 15.2. The molecular weight excluding hydrogens is 336 g/mol. The summed E-state index contributed by atoms with van der Waals surface area (Å²) >= 11 is 6.24. The normalized spacial score (nSPS) is 12.2. The van der Waals surface area contributed by atoms with E-state index in [1.807, 2.05) is 56.3 Å². The summed E-state index contributed by atoms with van der Waals surface area (Å²) in [4.78, 5) is 4.54. The summed E-state index contributed by atoms with van der Waals surface area (Å²) in [6.07, 6.45) is 0.931. The van der Waals surface area contributed by atoms with E-state index in [1.54, 1.807) is 6.07 Å². The minimum atomic E-state index is -0.00379. The molecule has 0 aliphatic rings. The van der Waals surface area contributed by atoms with E-state index in [0.29, 0.717) is 29.0 Å². The van der Waals surface area contributed by atoms with E-state index in [0.717, 1.165) is 22.9 Å². The van der Waals surface area contributed by atoms with Gasteiger partial charge in [0.25, 0.3) is 0 Å². The lowest BCUT2D eigenvalue weighted by atomic mass is 10.1. The van der Waals surface area contributed by atoms with Crippen LogP contribution >= 0.6 is 11.6 Å². The van der Waals surface area contributed by atoms with Gasteiger partial charge < -0.3 is 15.2 Å². The Morgan fingerprint density at radius 3 is 2.68 bits per heavy atom. The molecule has 1 heterocycles. The number of nitrogens with two attached hydrogens (primary N) is 1. The molecule has 2 aromatic carbocycles. The molecule has 3 rings (SSSR count). The third-order valence-electron chi connectivity index (χ3n) is 3.80. The summed E-state index contributed by atoms with van der Waals surface area (Å²) < 4.78 is 11.4. The van der Waals surface area contributed by atoms with Gasteiger partial charge in [-0.1, -0.05) is 24.6 Å². The van der Waals surface area contributed by atoms with Crippen molar-refractivity contribution in [3.63, 3.8) is 0 Å². The second-order valence-corrected chi connectivity index (χ2v) is 6.34. The Kier molecular flexibility index (Phi) is 5.41. The first-order chi connectivity index (χ1) is 12.1. The van der Waals surface area contributed by atoms with Crippen molar-refractivity contribution in [2.24, 2.45) is 5.73 Å². The lowest BCUT2D eigenvalue weighted by molar-refractivity contribution is 0.317. The number of nitrogens with zero attached hydrogens (tertiary/aromatic N) is 1. The fourth-order valence-electron chi connectivity index (χ4n) is 2.46. The van der Waals surface area contributed by atoms with Crippen LogP contribution in [0.4, 0.5) is 0 Å². The van der Waals surface area contributed by atoms with E-state index in [2.05, 4.69) is 4.98 Å². The molecule has 5 heteroatoms. The zero-order valence-corrected chi connectivity index (χ0v) is 15.1. The van der Waals surface area contributed by atoms with Crippen molar-refractivity contribution in [3.8, 4) is 17.4 Å². The molecule has 3 aromatic rings. The molecule has 0 bridgehead atoms. The van der Waals surface area contributed by atoms with Crippen LogP contribution in [0.15, 0.2) is 48.5 Å². The number of halogens is 1. The molecule has 0 spiro atoms. The van der Waals surface area contributed by atoms with Gasteiger partial charge in [-0.15, -0.1) is 0 Å². The third-order valence-corrected chi connectivity index (χ3v) is 4.10. The maximum atomic E-state index is 6.24. The van der Waals surface area contributed by atoms with Gasteiger partial charge in [-0.2, -0.15) is 0 Å². The van der Waals surface area contributed by atoms with Crippen molar-refractivity contribution >= 4 is 22.5 Å². The molecule has 2 N–H and O–H groups in total. The van der Waals surface area contributed by atoms with Crippen molar-refractivity contribution in [1.82, 2.24) is 4.98 Å². The molecule has 1 unspecified atom stereocenters. The van der Waals surface area contributed by atoms with Gasteiger partial charge in [-0.05, 0) is 49.2 Å². The van der Waals surface area contributed by atoms with Crippen LogP contribution in [0, 0.1) is 0 Å². The Labute approximate surface area is 152 Å². The van der Waals surface area contributed by atoms with E-state index in [9.17, 15) is 0 Å². The van der Waals surface area contributed by atoms with Crippen molar-refractivity contribution in [2.75, 3.05) is 6.61 Å². The monoisotopic (exact) mass is 356 g/mol. The SMILES string of the molecule is CCCOc1ccc(Oc2ccc3cc(C(C)N)ccc3n2)cc1Cl. The summed E-state index contributed by atoms with van der Waals surface area (Å²) in [7, 11) is 0. The molecular formula is C20H21ClN2O2. The third kappa shape index (κ3) is 4.21. The Morgan fingerprint density at radius 1 is 1.12 bits per heavy atom. The van der Waals surface area contributed by atoms with Crippen LogP contribution in [0.3, 0.4) is 0 Å². The number of pyridine rings is 1. The molecule has 0 aliphatic carbocycles. The maximum absolute atomic E-state index is 6.24. The van der Waals surface area contributed by atoms with Crippen molar-refractivity contribution < 1.29 is 9.47 Å². The lowest BCUT2D eigenvalue weighted by Crippen LogP contribution is -2.04. The first kappa shape index (κ1) is 17.5. The molecule has 25 heavy (non-hydrogen) atoms. The Morgan fingerprint density at radius 2 is 1.96 bits per heavy atom. The zero-order chi connectivity index (χ0) is 17.8. The molecule has 0 aliphatic heterocycles. The number of fused-ring (bicyclic) bond motifs is 1. The fraction of sp³-hybridized carbons (Fsp3) is 0.250. The van der Waals surface area contributed by atoms with Gasteiger partial charge in [-0.3, -0.25) is 0 Å². The quantitative estimate of drug-likeness (QED) is 0.634. The summed E-state index contributed by atoms with van der Waals surface area (Å²) in [6.45, 7) is 4.65. The van der Waals surface area contributed by atoms with Gasteiger partial charge in [0.05, 0.1) is 17.1 Å². The molecule has 0 saturated heterocycles. The highest BCUT2D eigenvalue weighted by molar-refractivity contribution is 6.32. The number of hydrogen-bond donors (Lipinski definition) is 1. The highest BCUT2D eigenvalue weighted by Crippen LogP contribution is 2.31. The zero-order valence-electron chi connectivity index (χ0n) is 14.3. The van der Waals surface area contributed by atoms with E-state index in [1.165, 1.54) is 0 Å². The van der Waals surface area contributed by atoms with Crippen LogP contribution in [-0.2, 0) is 0 Å². The van der Waals surface area contributed by atoms with Crippen LogP contribution in [0.25, 0.3) is 10.9 Å². The van der Waals surface area contributed by atoms with Gasteiger partial charge in [0.1, 0.15) is 11.5 Å². The topological polar surface area (TPSA) is 57.4 Å². The molecule has 4 nitrogen and oxygen atoms in total. The predicted molar refractivity (Wildman–Crippen MR) is 102 cm³/mol. The molecule has 0 amide bonds. The van der Waals surface area contributed by atoms with Gasteiger partial charge in [-0.25, -0.2) is 4.98 Å². The maximum Gasteiger partial charge on any atom is 0.219 e. The Hall–Kier alpha value is -2.30. The predicted octanol–water partition coefficient (Wildman–Crippen LogP) is 5.49. The van der Waals surface area contributed by atoms with Crippen LogP contribution < -0.4 is 15.2 Å². The van der Waals surface area contributed by atoms with E-state index < -0.39 is 0 Å². The van der Waals surface area contributed by atoms with Crippen LogP contribution in [-0.4, -0.2) is 11.6 Å². The van der Waals surface area contributed by atoms with E-state index in [4.69, 9.17) is 26.8 Å². The minimum Gasteiger partial charge on any atom is -0.492 e. The van der Waals surface area contributed by atoms with Crippen molar-refractivity contribution in [1.29, 1.82) is 0 Å². The number of hydrogen-bond acceptors (Lipinski definition) is 4.